The second-order valence-corrected chi connectivity index (χ2v) is 8.68. The molecule has 0 unspecified atom stereocenters. The largest absolute Gasteiger partial charge is 0.347 e. The van der Waals surface area contributed by atoms with Gasteiger partial charge in [0, 0.05) is 11.1 Å². The molecule has 0 saturated heterocycles. The van der Waals surface area contributed by atoms with Crippen LogP contribution in [0.4, 0.5) is 5.69 Å². The number of rotatable bonds is 4. The molecule has 4 saturated carbocycles. The summed E-state index contributed by atoms with van der Waals surface area (Å²) in [6.45, 7) is 4.09. The van der Waals surface area contributed by atoms with Gasteiger partial charge < -0.3 is 10.6 Å². The van der Waals surface area contributed by atoms with Gasteiger partial charge in [0.1, 0.15) is 0 Å². The first-order valence-corrected chi connectivity index (χ1v) is 9.59. The predicted octanol–water partition coefficient (Wildman–Crippen LogP) is 3.57. The molecule has 0 aromatic heterocycles. The summed E-state index contributed by atoms with van der Waals surface area (Å²) in [4.78, 5) is 25.2. The van der Waals surface area contributed by atoms with Gasteiger partial charge in [-0.15, -0.1) is 0 Å². The summed E-state index contributed by atoms with van der Waals surface area (Å²) in [5.41, 5.74) is 2.86. The molecule has 0 radical (unpaired) electrons. The fraction of sp³-hybridized carbons (Fsp3) is 0.619. The molecule has 0 atom stereocenters. The Kier molecular flexibility index (Phi) is 4.09. The van der Waals surface area contributed by atoms with E-state index in [-0.39, 0.29) is 23.8 Å². The van der Waals surface area contributed by atoms with Crippen LogP contribution in [0.1, 0.15) is 49.7 Å². The van der Waals surface area contributed by atoms with Crippen molar-refractivity contribution in [3.05, 3.63) is 29.3 Å². The highest BCUT2D eigenvalue weighted by atomic mass is 16.2. The molecule has 2 amide bonds. The van der Waals surface area contributed by atoms with Gasteiger partial charge in [-0.3, -0.25) is 9.59 Å². The molecule has 4 aliphatic carbocycles. The number of nitrogens with one attached hydrogen (secondary N) is 2. The lowest BCUT2D eigenvalue weighted by Crippen LogP contribution is -2.54. The number of amides is 2. The summed E-state index contributed by atoms with van der Waals surface area (Å²) in [5.74, 6) is 2.18. The lowest BCUT2D eigenvalue weighted by atomic mass is 9.49. The van der Waals surface area contributed by atoms with E-state index in [2.05, 4.69) is 10.6 Å². The highest BCUT2D eigenvalue weighted by Gasteiger charge is 2.54. The Morgan fingerprint density at radius 2 is 1.64 bits per heavy atom. The summed E-state index contributed by atoms with van der Waals surface area (Å²) in [7, 11) is 0. The number of hydrogen-bond donors (Lipinski definition) is 2. The van der Waals surface area contributed by atoms with Crippen molar-refractivity contribution in [2.45, 2.75) is 52.4 Å². The van der Waals surface area contributed by atoms with E-state index in [1.165, 1.54) is 19.3 Å². The van der Waals surface area contributed by atoms with Gasteiger partial charge in [-0.1, -0.05) is 12.1 Å². The number of carbonyl (C=O) groups excluding carboxylic acids is 2. The van der Waals surface area contributed by atoms with Crippen molar-refractivity contribution >= 4 is 17.5 Å². The van der Waals surface area contributed by atoms with Crippen molar-refractivity contribution in [1.29, 1.82) is 0 Å². The van der Waals surface area contributed by atoms with Crippen LogP contribution in [-0.2, 0) is 9.59 Å². The summed E-state index contributed by atoms with van der Waals surface area (Å²) in [5, 5.41) is 5.87. The van der Waals surface area contributed by atoms with Gasteiger partial charge in [0.25, 0.3) is 0 Å². The maximum atomic E-state index is 12.9. The van der Waals surface area contributed by atoms with Crippen LogP contribution < -0.4 is 10.6 Å². The van der Waals surface area contributed by atoms with Gasteiger partial charge in [-0.2, -0.15) is 0 Å². The number of carbonyl (C=O) groups is 2. The summed E-state index contributed by atoms with van der Waals surface area (Å²) < 4.78 is 0. The second-order valence-electron chi connectivity index (χ2n) is 8.68. The lowest BCUT2D eigenvalue weighted by Gasteiger charge is -2.55. The van der Waals surface area contributed by atoms with Crippen molar-refractivity contribution in [3.63, 3.8) is 0 Å². The van der Waals surface area contributed by atoms with Crippen LogP contribution in [0.5, 0.6) is 0 Å². The summed E-state index contributed by atoms with van der Waals surface area (Å²) >= 11 is 0. The average molecular weight is 340 g/mol. The predicted molar refractivity (Wildman–Crippen MR) is 98.2 cm³/mol. The first-order valence-electron chi connectivity index (χ1n) is 9.59. The minimum absolute atomic E-state index is 0.0635. The molecule has 4 aliphatic rings. The molecule has 4 nitrogen and oxygen atoms in total. The van der Waals surface area contributed by atoms with Crippen LogP contribution >= 0.6 is 0 Å². The van der Waals surface area contributed by atoms with Crippen LogP contribution in [0.25, 0.3) is 0 Å². The van der Waals surface area contributed by atoms with Gasteiger partial charge in [0.15, 0.2) is 0 Å². The molecule has 5 rings (SSSR count). The van der Waals surface area contributed by atoms with Gasteiger partial charge in [-0.25, -0.2) is 0 Å². The lowest BCUT2D eigenvalue weighted by molar-refractivity contribution is -0.146. The van der Waals surface area contributed by atoms with Crippen molar-refractivity contribution in [2.24, 2.45) is 23.2 Å². The number of hydrogen-bond acceptors (Lipinski definition) is 2. The second kappa shape index (κ2) is 6.15. The minimum Gasteiger partial charge on any atom is -0.347 e. The quantitative estimate of drug-likeness (QED) is 0.880. The zero-order valence-electron chi connectivity index (χ0n) is 15.2. The zero-order chi connectivity index (χ0) is 17.6. The molecule has 0 aliphatic heterocycles. The van der Waals surface area contributed by atoms with E-state index in [4.69, 9.17) is 0 Å². The Morgan fingerprint density at radius 1 is 1.04 bits per heavy atom. The van der Waals surface area contributed by atoms with Gasteiger partial charge >= 0.3 is 0 Å². The third-order valence-corrected chi connectivity index (χ3v) is 6.81. The smallest absolute Gasteiger partial charge is 0.243 e. The number of aryl methyl sites for hydroxylation is 1. The first kappa shape index (κ1) is 16.6. The molecule has 2 N–H and O–H groups in total. The van der Waals surface area contributed by atoms with Gasteiger partial charge in [-0.05, 0) is 87.3 Å². The van der Waals surface area contributed by atoms with E-state index >= 15 is 0 Å². The van der Waals surface area contributed by atoms with Crippen molar-refractivity contribution in [2.75, 3.05) is 11.9 Å². The topological polar surface area (TPSA) is 58.2 Å². The van der Waals surface area contributed by atoms with E-state index in [0.717, 1.165) is 53.8 Å². The van der Waals surface area contributed by atoms with Crippen LogP contribution in [0.15, 0.2) is 18.2 Å². The molecular formula is C21H28N2O2. The van der Waals surface area contributed by atoms with E-state index in [0.29, 0.717) is 0 Å². The SMILES string of the molecule is Cc1cccc(NC(=O)CNC(=O)C23CC4CC(CC(C4)C2)C3)c1C. The van der Waals surface area contributed by atoms with Crippen molar-refractivity contribution in [1.82, 2.24) is 5.32 Å². The fourth-order valence-electron chi connectivity index (χ4n) is 5.82. The molecule has 1 aromatic carbocycles. The molecule has 1 aromatic rings. The van der Waals surface area contributed by atoms with E-state index in [9.17, 15) is 9.59 Å². The van der Waals surface area contributed by atoms with Crippen molar-refractivity contribution in [3.8, 4) is 0 Å². The highest BCUT2D eigenvalue weighted by molar-refractivity contribution is 5.96. The van der Waals surface area contributed by atoms with Crippen molar-refractivity contribution < 1.29 is 9.59 Å². The molecule has 4 heteroatoms. The third-order valence-electron chi connectivity index (χ3n) is 6.81. The Bertz CT molecular complexity index is 675. The molecule has 0 heterocycles. The fourth-order valence-corrected chi connectivity index (χ4v) is 5.82. The van der Waals surface area contributed by atoms with E-state index < -0.39 is 0 Å². The number of benzene rings is 1. The highest BCUT2D eigenvalue weighted by Crippen LogP contribution is 2.60. The Hall–Kier alpha value is -1.84. The van der Waals surface area contributed by atoms with Crippen LogP contribution in [0.3, 0.4) is 0 Å². The van der Waals surface area contributed by atoms with Gasteiger partial charge in [0.05, 0.1) is 6.54 Å². The minimum atomic E-state index is -0.186. The molecule has 25 heavy (non-hydrogen) atoms. The standard InChI is InChI=1S/C21H28N2O2/c1-13-4-3-5-18(14(13)2)23-19(24)12-22-20(25)21-9-15-6-16(10-21)8-17(7-15)11-21/h3-5,15-17H,6-12H2,1-2H3,(H,22,25)(H,23,24). The monoisotopic (exact) mass is 340 g/mol. The summed E-state index contributed by atoms with van der Waals surface area (Å²) in [6, 6.07) is 5.87. The van der Waals surface area contributed by atoms with Crippen LogP contribution in [0, 0.1) is 37.0 Å². The normalized spacial score (nSPS) is 32.5. The van der Waals surface area contributed by atoms with E-state index in [1.54, 1.807) is 0 Å². The van der Waals surface area contributed by atoms with E-state index in [1.807, 2.05) is 32.0 Å². The molecule has 4 bridgehead atoms. The molecule has 4 fully saturated rings. The first-order chi connectivity index (χ1) is 11.9. The Labute approximate surface area is 149 Å². The van der Waals surface area contributed by atoms with Crippen LogP contribution in [-0.4, -0.2) is 18.4 Å². The third kappa shape index (κ3) is 3.07. The average Bonchev–Trinajstić information content (AvgIpc) is 2.55. The maximum Gasteiger partial charge on any atom is 0.243 e. The van der Waals surface area contributed by atoms with Gasteiger partial charge in [0.2, 0.25) is 11.8 Å². The number of anilines is 1. The molecule has 0 spiro atoms. The Morgan fingerprint density at radius 3 is 2.24 bits per heavy atom. The van der Waals surface area contributed by atoms with Crippen LogP contribution in [0.2, 0.25) is 0 Å². The summed E-state index contributed by atoms with van der Waals surface area (Å²) in [6.07, 6.45) is 7.05. The zero-order valence-corrected chi connectivity index (χ0v) is 15.2. The molecular weight excluding hydrogens is 312 g/mol. The molecule has 134 valence electrons. The maximum absolute atomic E-state index is 12.9. The Balaban J connectivity index is 1.36.